The highest BCUT2D eigenvalue weighted by Gasteiger charge is 2.31. The predicted molar refractivity (Wildman–Crippen MR) is 128 cm³/mol. The van der Waals surface area contributed by atoms with Crippen LogP contribution in [0.5, 0.6) is 0 Å². The van der Waals surface area contributed by atoms with Crippen LogP contribution in [0.4, 0.5) is 0 Å². The number of hydrogen-bond acceptors (Lipinski definition) is 6. The summed E-state index contributed by atoms with van der Waals surface area (Å²) < 4.78 is 18.5. The van der Waals surface area contributed by atoms with Crippen molar-refractivity contribution in [1.82, 2.24) is 15.2 Å². The number of rotatable bonds is 11. The van der Waals surface area contributed by atoms with E-state index in [9.17, 15) is 28.8 Å². The summed E-state index contributed by atoms with van der Waals surface area (Å²) in [6.07, 6.45) is -0.674. The number of fused-ring (bicyclic) bond motifs is 1. The highest BCUT2D eigenvalue weighted by Crippen LogP contribution is 2.36. The van der Waals surface area contributed by atoms with Crippen LogP contribution in [-0.4, -0.2) is 65.3 Å². The first kappa shape index (κ1) is 27.3. The number of carbonyl (C=O) groups excluding carboxylic acids is 3. The highest BCUT2D eigenvalue weighted by atomic mass is 31.2. The van der Waals surface area contributed by atoms with Gasteiger partial charge in [0.2, 0.25) is 5.91 Å². The summed E-state index contributed by atoms with van der Waals surface area (Å²) in [6, 6.07) is 5.12. The Labute approximate surface area is 198 Å². The molecule has 2 amide bonds. The lowest BCUT2D eigenvalue weighted by Gasteiger charge is -2.25. The van der Waals surface area contributed by atoms with Gasteiger partial charge in [-0.25, -0.2) is 0 Å². The zero-order chi connectivity index (χ0) is 25.8. The summed E-state index contributed by atoms with van der Waals surface area (Å²) in [4.78, 5) is 49.9. The molecule has 10 nitrogen and oxygen atoms in total. The third-order valence-corrected chi connectivity index (χ3v) is 6.16. The molecule has 1 aromatic carbocycles. The van der Waals surface area contributed by atoms with E-state index in [2.05, 4.69) is 10.6 Å². The maximum Gasteiger partial charge on any atom is 0.305 e. The summed E-state index contributed by atoms with van der Waals surface area (Å²) in [5.74, 6) is -3.55. The Morgan fingerprint density at radius 3 is 2.26 bits per heavy atom. The minimum absolute atomic E-state index is 0.359. The van der Waals surface area contributed by atoms with Gasteiger partial charge >= 0.3 is 5.97 Å². The van der Waals surface area contributed by atoms with Crippen LogP contribution in [0.2, 0.25) is 0 Å². The number of Topliss-reactive ketones (excluding diaryl/α,β-unsaturated/α-hetero) is 1. The number of carboxylic acids is 1. The van der Waals surface area contributed by atoms with Gasteiger partial charge in [-0.2, -0.15) is 0 Å². The molecule has 2 atom stereocenters. The second-order valence-electron chi connectivity index (χ2n) is 8.90. The minimum atomic E-state index is -2.98. The predicted octanol–water partition coefficient (Wildman–Crippen LogP) is 2.32. The topological polar surface area (TPSA) is 144 Å². The standard InChI is InChI=1S/C23H32N3O7P/c1-13(2)20(22(30)24-16(11-19(28)29)18(27)12-33-34(5,6)32)25-23(31)21-14(3)15-9-7-8-10-17(15)26(21)4/h7-10,13,16,20H,11-12H2,1-6H3,(H,24,30)(H,25,31)(H,28,29)/t16?,20-/m0/s1. The number of carboxylic acid groups (broad SMARTS) is 1. The first-order chi connectivity index (χ1) is 15.7. The van der Waals surface area contributed by atoms with E-state index < -0.39 is 56.0 Å². The molecule has 1 unspecified atom stereocenters. The average Bonchev–Trinajstić information content (AvgIpc) is 2.99. The Hall–Kier alpha value is -2.97. The zero-order valence-corrected chi connectivity index (χ0v) is 21.1. The number of nitrogens with zero attached hydrogens (tertiary/aromatic N) is 1. The van der Waals surface area contributed by atoms with E-state index in [4.69, 9.17) is 4.52 Å². The molecule has 0 aliphatic carbocycles. The molecule has 2 aromatic rings. The van der Waals surface area contributed by atoms with E-state index in [1.807, 2.05) is 31.2 Å². The van der Waals surface area contributed by atoms with Gasteiger partial charge in [0.05, 0.1) is 6.42 Å². The molecule has 34 heavy (non-hydrogen) atoms. The lowest BCUT2D eigenvalue weighted by molar-refractivity contribution is -0.140. The fraction of sp³-hybridized carbons (Fsp3) is 0.478. The van der Waals surface area contributed by atoms with E-state index in [-0.39, 0.29) is 5.92 Å². The molecule has 2 rings (SSSR count). The summed E-state index contributed by atoms with van der Waals surface area (Å²) in [5, 5.41) is 15.2. The Balaban J connectivity index is 2.23. The second-order valence-corrected chi connectivity index (χ2v) is 11.7. The van der Waals surface area contributed by atoms with Crippen LogP contribution in [0, 0.1) is 12.8 Å². The zero-order valence-electron chi connectivity index (χ0n) is 20.2. The largest absolute Gasteiger partial charge is 0.481 e. The maximum absolute atomic E-state index is 13.2. The van der Waals surface area contributed by atoms with Crippen molar-refractivity contribution in [1.29, 1.82) is 0 Å². The van der Waals surface area contributed by atoms with Gasteiger partial charge in [-0.1, -0.05) is 32.0 Å². The van der Waals surface area contributed by atoms with Crippen molar-refractivity contribution >= 4 is 41.8 Å². The average molecular weight is 493 g/mol. The molecule has 3 N–H and O–H groups in total. The summed E-state index contributed by atoms with van der Waals surface area (Å²) in [7, 11) is -1.22. The van der Waals surface area contributed by atoms with Gasteiger partial charge in [-0.05, 0) is 24.5 Å². The van der Waals surface area contributed by atoms with Crippen LogP contribution in [0.15, 0.2) is 24.3 Å². The summed E-state index contributed by atoms with van der Waals surface area (Å²) in [5.41, 5.74) is 2.03. The molecule has 0 radical (unpaired) electrons. The van der Waals surface area contributed by atoms with E-state index in [0.717, 1.165) is 16.5 Å². The van der Waals surface area contributed by atoms with Crippen molar-refractivity contribution in [2.75, 3.05) is 19.9 Å². The Kier molecular flexibility index (Phi) is 8.80. The van der Waals surface area contributed by atoms with E-state index in [0.29, 0.717) is 5.69 Å². The Morgan fingerprint density at radius 2 is 1.74 bits per heavy atom. The fourth-order valence-corrected chi connectivity index (χ4v) is 4.09. The molecule has 1 heterocycles. The lowest BCUT2D eigenvalue weighted by atomic mass is 10.0. The van der Waals surface area contributed by atoms with E-state index in [1.165, 1.54) is 13.3 Å². The summed E-state index contributed by atoms with van der Waals surface area (Å²) in [6.45, 7) is 7.31. The lowest BCUT2D eigenvalue weighted by Crippen LogP contribution is -2.54. The number of hydrogen-bond donors (Lipinski definition) is 3. The number of ketones is 1. The van der Waals surface area contributed by atoms with Crippen LogP contribution >= 0.6 is 7.37 Å². The highest BCUT2D eigenvalue weighted by molar-refractivity contribution is 7.57. The van der Waals surface area contributed by atoms with Crippen LogP contribution in [-0.2, 0) is 30.5 Å². The molecule has 0 aliphatic rings. The third-order valence-electron chi connectivity index (χ3n) is 5.41. The fourth-order valence-electron chi connectivity index (χ4n) is 3.65. The minimum Gasteiger partial charge on any atom is -0.481 e. The van der Waals surface area contributed by atoms with Crippen molar-refractivity contribution in [2.45, 2.75) is 39.3 Å². The van der Waals surface area contributed by atoms with Crippen LogP contribution in [0.25, 0.3) is 10.9 Å². The monoisotopic (exact) mass is 493 g/mol. The number of carbonyl (C=O) groups is 4. The van der Waals surface area contributed by atoms with E-state index in [1.54, 1.807) is 25.5 Å². The summed E-state index contributed by atoms with van der Waals surface area (Å²) >= 11 is 0. The van der Waals surface area contributed by atoms with Gasteiger partial charge < -0.3 is 24.8 Å². The maximum atomic E-state index is 13.2. The molecule has 0 saturated heterocycles. The van der Waals surface area contributed by atoms with Crippen molar-refractivity contribution in [2.24, 2.45) is 13.0 Å². The number of aromatic nitrogens is 1. The molecule has 186 valence electrons. The SMILES string of the molecule is Cc1c(C(=O)N[C@H](C(=O)NC(CC(=O)O)C(=O)COP(C)(C)=O)C(C)C)n(C)c2ccccc12. The molecule has 1 aromatic heterocycles. The molecule has 0 saturated carbocycles. The van der Waals surface area contributed by atoms with Gasteiger partial charge in [0.15, 0.2) is 13.2 Å². The Morgan fingerprint density at radius 1 is 1.12 bits per heavy atom. The molecule has 0 aliphatic heterocycles. The molecular formula is C23H32N3O7P. The quantitative estimate of drug-likeness (QED) is 0.408. The van der Waals surface area contributed by atoms with Crippen molar-refractivity contribution in [3.05, 3.63) is 35.5 Å². The molecular weight excluding hydrogens is 461 g/mol. The smallest absolute Gasteiger partial charge is 0.305 e. The van der Waals surface area contributed by atoms with Crippen LogP contribution < -0.4 is 10.6 Å². The molecule has 11 heteroatoms. The van der Waals surface area contributed by atoms with Gasteiger partial charge in [0.25, 0.3) is 5.91 Å². The number of para-hydroxylation sites is 1. The number of aryl methyl sites for hydroxylation is 2. The van der Waals surface area contributed by atoms with E-state index >= 15 is 0 Å². The van der Waals surface area contributed by atoms with Crippen molar-refractivity contribution in [3.8, 4) is 0 Å². The second kappa shape index (κ2) is 11.0. The number of benzene rings is 1. The van der Waals surface area contributed by atoms with Gasteiger partial charge in [-0.15, -0.1) is 0 Å². The van der Waals surface area contributed by atoms with Crippen molar-refractivity contribution < 1.29 is 33.4 Å². The van der Waals surface area contributed by atoms with Crippen LogP contribution in [0.1, 0.15) is 36.3 Å². The molecule has 0 fully saturated rings. The molecule has 0 bridgehead atoms. The van der Waals surface area contributed by atoms with Gasteiger partial charge in [-0.3, -0.25) is 23.7 Å². The first-order valence-corrected chi connectivity index (χ1v) is 13.3. The third kappa shape index (κ3) is 6.77. The Bertz CT molecular complexity index is 1110. The normalized spacial score (nSPS) is 13.5. The number of amides is 2. The number of nitrogens with one attached hydrogen (secondary N) is 2. The molecule has 0 spiro atoms. The number of aliphatic carboxylic acids is 1. The van der Waals surface area contributed by atoms with Crippen LogP contribution in [0.3, 0.4) is 0 Å². The first-order valence-electron chi connectivity index (χ1n) is 10.8. The van der Waals surface area contributed by atoms with Crippen molar-refractivity contribution in [3.63, 3.8) is 0 Å². The van der Waals surface area contributed by atoms with Gasteiger partial charge in [0, 0.05) is 31.3 Å². The van der Waals surface area contributed by atoms with Gasteiger partial charge in [0.1, 0.15) is 24.4 Å².